The molecule has 4 rings (SSSR count). The van der Waals surface area contributed by atoms with Crippen LogP contribution in [0.2, 0.25) is 0 Å². The van der Waals surface area contributed by atoms with Crippen LogP contribution >= 0.6 is 15.9 Å². The molecule has 2 aromatic carbocycles. The van der Waals surface area contributed by atoms with Gasteiger partial charge in [-0.1, -0.05) is 58.4 Å². The summed E-state index contributed by atoms with van der Waals surface area (Å²) in [5, 5.41) is 0. The van der Waals surface area contributed by atoms with E-state index in [-0.39, 0.29) is 5.91 Å². The fourth-order valence-electron chi connectivity index (χ4n) is 5.01. The number of primary amides is 1. The van der Waals surface area contributed by atoms with Crippen LogP contribution in [-0.4, -0.2) is 47.3 Å². The number of halogens is 1. The monoisotopic (exact) mass is 483 g/mol. The molecule has 0 bridgehead atoms. The fourth-order valence-corrected chi connectivity index (χ4v) is 5.27. The molecule has 31 heavy (non-hydrogen) atoms. The molecule has 1 spiro atoms. The first kappa shape index (κ1) is 22.0. The van der Waals surface area contributed by atoms with Gasteiger partial charge in [-0.3, -0.25) is 9.59 Å². The highest BCUT2D eigenvalue weighted by Gasteiger charge is 2.53. The van der Waals surface area contributed by atoms with Crippen molar-refractivity contribution in [2.45, 2.75) is 44.7 Å². The van der Waals surface area contributed by atoms with E-state index in [9.17, 15) is 9.59 Å². The topological polar surface area (TPSA) is 66.6 Å². The Morgan fingerprint density at radius 3 is 2.35 bits per heavy atom. The zero-order valence-corrected chi connectivity index (χ0v) is 19.4. The molecule has 6 heteroatoms. The second-order valence-corrected chi connectivity index (χ2v) is 9.81. The summed E-state index contributed by atoms with van der Waals surface area (Å²) >= 11 is 3.44. The number of piperidine rings is 1. The van der Waals surface area contributed by atoms with Crippen LogP contribution in [0.5, 0.6) is 0 Å². The van der Waals surface area contributed by atoms with E-state index >= 15 is 0 Å². The Balaban J connectivity index is 1.36. The molecule has 2 aliphatic heterocycles. The van der Waals surface area contributed by atoms with Crippen LogP contribution < -0.4 is 5.73 Å². The lowest BCUT2D eigenvalue weighted by atomic mass is 9.76. The lowest BCUT2D eigenvalue weighted by Gasteiger charge is -2.38. The highest BCUT2D eigenvalue weighted by Crippen LogP contribution is 2.45. The minimum Gasteiger partial charge on any atom is -0.368 e. The number of carbonyl (C=O) groups excluding carboxylic acids is 2. The summed E-state index contributed by atoms with van der Waals surface area (Å²) in [5.74, 6) is -0.296. The standard InChI is InChI=1S/C25H30BrN3O2/c26-21-10-8-20(9-11-21)18-29-22(23(27)30)17-25(24(29)31)12-15-28(16-13-25)14-4-7-19-5-2-1-3-6-19/h1-3,5-6,8-11,22H,4,7,12-18H2,(H2,27,30). The Labute approximate surface area is 192 Å². The van der Waals surface area contributed by atoms with Crippen molar-refractivity contribution in [3.63, 3.8) is 0 Å². The molecule has 5 nitrogen and oxygen atoms in total. The molecule has 1 unspecified atom stereocenters. The first-order valence-electron chi connectivity index (χ1n) is 11.1. The third-order valence-electron chi connectivity index (χ3n) is 6.87. The van der Waals surface area contributed by atoms with Gasteiger partial charge >= 0.3 is 0 Å². The molecule has 0 saturated carbocycles. The number of likely N-dealkylation sites (tertiary alicyclic amines) is 2. The smallest absolute Gasteiger partial charge is 0.240 e. The number of aryl methyl sites for hydroxylation is 1. The number of nitrogens with zero attached hydrogens (tertiary/aromatic N) is 2. The Morgan fingerprint density at radius 2 is 1.71 bits per heavy atom. The molecule has 2 N–H and O–H groups in total. The number of hydrogen-bond acceptors (Lipinski definition) is 3. The van der Waals surface area contributed by atoms with E-state index < -0.39 is 17.4 Å². The minimum atomic E-state index is -0.513. The van der Waals surface area contributed by atoms with E-state index in [0.717, 1.165) is 55.4 Å². The van der Waals surface area contributed by atoms with Gasteiger partial charge in [-0.05, 0) is 75.0 Å². The zero-order valence-electron chi connectivity index (χ0n) is 17.8. The molecular formula is C25H30BrN3O2. The molecule has 2 aromatic rings. The average Bonchev–Trinajstić information content (AvgIpc) is 3.04. The second kappa shape index (κ2) is 9.53. The summed E-state index contributed by atoms with van der Waals surface area (Å²) in [5.41, 5.74) is 7.66. The predicted molar refractivity (Wildman–Crippen MR) is 125 cm³/mol. The maximum Gasteiger partial charge on any atom is 0.240 e. The van der Waals surface area contributed by atoms with Gasteiger partial charge in [-0.15, -0.1) is 0 Å². The van der Waals surface area contributed by atoms with Crippen molar-refractivity contribution in [1.82, 2.24) is 9.80 Å². The van der Waals surface area contributed by atoms with Crippen molar-refractivity contribution < 1.29 is 9.59 Å². The third kappa shape index (κ3) is 5.01. The molecule has 0 aliphatic carbocycles. The Bertz CT molecular complexity index is 908. The minimum absolute atomic E-state index is 0.100. The Hall–Kier alpha value is -2.18. The fraction of sp³-hybridized carbons (Fsp3) is 0.440. The Kier molecular flexibility index (Phi) is 6.77. The summed E-state index contributed by atoms with van der Waals surface area (Å²) in [6, 6.07) is 17.9. The summed E-state index contributed by atoms with van der Waals surface area (Å²) in [4.78, 5) is 29.8. The predicted octanol–water partition coefficient (Wildman–Crippen LogP) is 3.75. The first-order chi connectivity index (χ1) is 15.0. The van der Waals surface area contributed by atoms with E-state index in [1.807, 2.05) is 30.3 Å². The molecule has 2 saturated heterocycles. The van der Waals surface area contributed by atoms with E-state index in [0.29, 0.717) is 13.0 Å². The normalized spacial score (nSPS) is 21.0. The molecular weight excluding hydrogens is 454 g/mol. The van der Waals surface area contributed by atoms with E-state index in [1.165, 1.54) is 5.56 Å². The van der Waals surface area contributed by atoms with Crippen LogP contribution in [0, 0.1) is 5.41 Å². The quantitative estimate of drug-likeness (QED) is 0.651. The van der Waals surface area contributed by atoms with Crippen molar-refractivity contribution >= 4 is 27.7 Å². The van der Waals surface area contributed by atoms with Crippen molar-refractivity contribution in [2.75, 3.05) is 19.6 Å². The molecule has 2 amide bonds. The number of nitrogens with two attached hydrogens (primary N) is 1. The van der Waals surface area contributed by atoms with Gasteiger partial charge in [-0.25, -0.2) is 0 Å². The van der Waals surface area contributed by atoms with Gasteiger partial charge < -0.3 is 15.5 Å². The van der Waals surface area contributed by atoms with Gasteiger partial charge in [-0.2, -0.15) is 0 Å². The van der Waals surface area contributed by atoms with Crippen molar-refractivity contribution in [3.8, 4) is 0 Å². The van der Waals surface area contributed by atoms with Crippen molar-refractivity contribution in [2.24, 2.45) is 11.1 Å². The SMILES string of the molecule is NC(=O)C1CC2(CCN(CCCc3ccccc3)CC2)C(=O)N1Cc1ccc(Br)cc1. The molecule has 0 radical (unpaired) electrons. The summed E-state index contributed by atoms with van der Waals surface area (Å²) < 4.78 is 0.992. The Morgan fingerprint density at radius 1 is 1.03 bits per heavy atom. The van der Waals surface area contributed by atoms with Crippen LogP contribution in [-0.2, 0) is 22.6 Å². The van der Waals surface area contributed by atoms with E-state index in [2.05, 4.69) is 45.1 Å². The van der Waals surface area contributed by atoms with Crippen molar-refractivity contribution in [1.29, 1.82) is 0 Å². The van der Waals surface area contributed by atoms with Crippen LogP contribution in [0.4, 0.5) is 0 Å². The third-order valence-corrected chi connectivity index (χ3v) is 7.39. The first-order valence-corrected chi connectivity index (χ1v) is 11.9. The summed E-state index contributed by atoms with van der Waals surface area (Å²) in [7, 11) is 0. The van der Waals surface area contributed by atoms with Gasteiger partial charge in [0, 0.05) is 11.0 Å². The maximum absolute atomic E-state index is 13.5. The molecule has 2 aliphatic rings. The van der Waals surface area contributed by atoms with Crippen LogP contribution in [0.25, 0.3) is 0 Å². The molecule has 1 atom stereocenters. The maximum atomic E-state index is 13.5. The van der Waals surface area contributed by atoms with Crippen LogP contribution in [0.1, 0.15) is 36.8 Å². The van der Waals surface area contributed by atoms with E-state index in [1.54, 1.807) is 4.90 Å². The zero-order chi connectivity index (χ0) is 21.8. The molecule has 0 aromatic heterocycles. The van der Waals surface area contributed by atoms with Crippen molar-refractivity contribution in [3.05, 3.63) is 70.2 Å². The van der Waals surface area contributed by atoms with Gasteiger partial charge in [0.25, 0.3) is 0 Å². The number of hydrogen-bond donors (Lipinski definition) is 1. The van der Waals surface area contributed by atoms with E-state index in [4.69, 9.17) is 5.73 Å². The number of benzene rings is 2. The number of rotatable bonds is 7. The largest absolute Gasteiger partial charge is 0.368 e. The molecule has 2 heterocycles. The lowest BCUT2D eigenvalue weighted by molar-refractivity contribution is -0.141. The summed E-state index contributed by atoms with van der Waals surface area (Å²) in [6.07, 6.45) is 4.35. The second-order valence-electron chi connectivity index (χ2n) is 8.89. The van der Waals surface area contributed by atoms with Gasteiger partial charge in [0.2, 0.25) is 11.8 Å². The highest BCUT2D eigenvalue weighted by atomic mass is 79.9. The van der Waals surface area contributed by atoms with Crippen LogP contribution in [0.3, 0.4) is 0 Å². The molecule has 164 valence electrons. The lowest BCUT2D eigenvalue weighted by Crippen LogP contribution is -2.45. The van der Waals surface area contributed by atoms with Gasteiger partial charge in [0.1, 0.15) is 6.04 Å². The number of amides is 2. The number of carbonyl (C=O) groups is 2. The average molecular weight is 484 g/mol. The molecule has 2 fully saturated rings. The highest BCUT2D eigenvalue weighted by molar-refractivity contribution is 9.10. The van der Waals surface area contributed by atoms with Gasteiger partial charge in [0.15, 0.2) is 0 Å². The van der Waals surface area contributed by atoms with Gasteiger partial charge in [0.05, 0.1) is 5.41 Å². The summed E-state index contributed by atoms with van der Waals surface area (Å²) in [6.45, 7) is 3.28. The van der Waals surface area contributed by atoms with Crippen LogP contribution in [0.15, 0.2) is 59.1 Å².